The number of anilines is 6. The summed E-state index contributed by atoms with van der Waals surface area (Å²) in [5.41, 5.74) is 17.5. The van der Waals surface area contributed by atoms with Crippen LogP contribution in [0.3, 0.4) is 0 Å². The van der Waals surface area contributed by atoms with Crippen molar-refractivity contribution in [3.8, 4) is 46.0 Å². The molecule has 14 rings (SSSR count). The number of nitrogens with one attached hydrogen (secondary N) is 1. The van der Waals surface area contributed by atoms with E-state index in [1.165, 1.54) is 9.80 Å². The van der Waals surface area contributed by atoms with Crippen molar-refractivity contribution in [2.75, 3.05) is 54.0 Å². The van der Waals surface area contributed by atoms with Crippen LogP contribution in [0.25, 0.3) is 10.4 Å². The number of carbonyl (C=O) groups is 3. The Morgan fingerprint density at radius 3 is 1.04 bits per heavy atom. The predicted molar refractivity (Wildman–Crippen MR) is 422 cm³/mol. The highest BCUT2D eigenvalue weighted by Gasteiger charge is 2.49. The van der Waals surface area contributed by atoms with Gasteiger partial charge < -0.3 is 88.3 Å². The lowest BCUT2D eigenvalue weighted by atomic mass is 9.94. The van der Waals surface area contributed by atoms with Crippen LogP contribution in [0.2, 0.25) is 0 Å². The maximum absolute atomic E-state index is 13.4. The predicted octanol–water partition coefficient (Wildman–Crippen LogP) is 15.5. The molecule has 38 heteroatoms. The third kappa shape index (κ3) is 21.8. The van der Waals surface area contributed by atoms with Gasteiger partial charge in [-0.1, -0.05) is 77.9 Å². The van der Waals surface area contributed by atoms with Crippen LogP contribution in [-0.4, -0.2) is 188 Å². The molecule has 6 aliphatic heterocycles. The Morgan fingerprint density at radius 2 is 0.737 bits per heavy atom. The van der Waals surface area contributed by atoms with E-state index in [9.17, 15) is 72.9 Å². The average molecular weight is 1700 g/mol. The molecule has 8 aromatic carbocycles. The highest BCUT2D eigenvalue weighted by molar-refractivity contribution is 8.13. The lowest BCUT2D eigenvalue weighted by Crippen LogP contribution is -2.66. The van der Waals surface area contributed by atoms with Gasteiger partial charge in [-0.05, 0) is 189 Å². The first-order valence-electron chi connectivity index (χ1n) is 36.7. The van der Waals surface area contributed by atoms with Gasteiger partial charge in [-0.25, -0.2) is 35.9 Å². The molecule has 0 radical (unpaired) electrons. The molecular formula is C80H86ClF6N11O18S2. The van der Waals surface area contributed by atoms with Gasteiger partial charge in [0.15, 0.2) is 34.5 Å². The van der Waals surface area contributed by atoms with Crippen LogP contribution in [0.15, 0.2) is 209 Å². The summed E-state index contributed by atoms with van der Waals surface area (Å²) in [7, 11) is -3.36. The number of piperidine rings is 3. The van der Waals surface area contributed by atoms with Crippen molar-refractivity contribution in [2.45, 2.75) is 156 Å². The number of azide groups is 1. The molecule has 0 unspecified atom stereocenters. The molecule has 0 spiro atoms. The number of halogens is 7. The SMILES string of the molecule is CC(C)(C)OC(=O)N1C[C@@H](N)[C@H](O)[C@@H](N2c3ccccc3Oc3ccccc32)C1.CC(C)(C)OC(=O)N1C[C@@H](N=[N+]=[N-])[C@H](O)[C@@H](N2c3ccccc3Oc3ccccc32)C1.CC(C)(C)OC(=O)N1C[C@@H](NS(=O)(=O)c2ccc(OC(F)(F)F)cc2)[C@H](O)[C@@H](N2c3ccccc3Oc3ccccc32)C1.O=S(=O)(Cl)c1ccc(OC(F)(F)F)cc1. The van der Waals surface area contributed by atoms with Crippen molar-refractivity contribution in [3.63, 3.8) is 0 Å². The lowest BCUT2D eigenvalue weighted by Gasteiger charge is -2.48. The molecule has 29 nitrogen and oxygen atoms in total. The molecule has 630 valence electrons. The number of nitrogens with two attached hydrogens (primary N) is 1. The second kappa shape index (κ2) is 35.2. The first-order chi connectivity index (χ1) is 55.3. The van der Waals surface area contributed by atoms with Gasteiger partial charge >= 0.3 is 31.0 Å². The van der Waals surface area contributed by atoms with Crippen molar-refractivity contribution < 1.29 is 111 Å². The average Bonchev–Trinajstić information content (AvgIpc) is 0.758. The number of para-hydroxylation sites is 12. The second-order valence-electron chi connectivity index (χ2n) is 30.7. The normalized spacial score (nSPS) is 20.8. The number of hydrogen-bond acceptors (Lipinski definition) is 23. The van der Waals surface area contributed by atoms with E-state index in [1.807, 2.05) is 128 Å². The number of amides is 3. The first kappa shape index (κ1) is 87.7. The van der Waals surface area contributed by atoms with E-state index < -0.39 is 133 Å². The molecule has 118 heavy (non-hydrogen) atoms. The number of benzene rings is 8. The van der Waals surface area contributed by atoms with Crippen LogP contribution in [0.1, 0.15) is 62.3 Å². The largest absolute Gasteiger partial charge is 0.573 e. The topological polar surface area (TPSA) is 360 Å². The van der Waals surface area contributed by atoms with Crippen molar-refractivity contribution in [1.29, 1.82) is 0 Å². The Kier molecular flexibility index (Phi) is 26.1. The third-order valence-corrected chi connectivity index (χ3v) is 21.4. The van der Waals surface area contributed by atoms with Gasteiger partial charge in [-0.2, -0.15) is 0 Å². The molecule has 3 amide bonds. The van der Waals surface area contributed by atoms with Gasteiger partial charge in [0, 0.05) is 54.9 Å². The monoisotopic (exact) mass is 1700 g/mol. The molecule has 9 atom stereocenters. The number of alkyl halides is 6. The van der Waals surface area contributed by atoms with Gasteiger partial charge in [-0.3, -0.25) is 0 Å². The number of carbonyl (C=O) groups excluding carboxylic acids is 3. The van der Waals surface area contributed by atoms with Crippen LogP contribution < -0.4 is 48.8 Å². The molecule has 0 saturated carbocycles. The highest BCUT2D eigenvalue weighted by Crippen LogP contribution is 2.52. The zero-order valence-electron chi connectivity index (χ0n) is 64.9. The van der Waals surface area contributed by atoms with Crippen LogP contribution >= 0.6 is 10.7 Å². The fourth-order valence-electron chi connectivity index (χ4n) is 13.6. The minimum Gasteiger partial charge on any atom is -0.453 e. The van der Waals surface area contributed by atoms with Crippen molar-refractivity contribution in [3.05, 3.63) is 205 Å². The Labute approximate surface area is 680 Å². The summed E-state index contributed by atoms with van der Waals surface area (Å²) in [6.45, 7) is 16.5. The maximum atomic E-state index is 13.4. The van der Waals surface area contributed by atoms with Gasteiger partial charge in [0.25, 0.3) is 9.05 Å². The van der Waals surface area contributed by atoms with Crippen molar-refractivity contribution in [2.24, 2.45) is 10.8 Å². The Balaban J connectivity index is 0.000000162. The minimum absolute atomic E-state index is 0.0273. The number of nitrogens with zero attached hydrogens (tertiary/aromatic N) is 9. The van der Waals surface area contributed by atoms with E-state index in [2.05, 4.69) is 24.2 Å². The summed E-state index contributed by atoms with van der Waals surface area (Å²) in [5, 5.41) is 37.6. The standard InChI is InChI=1S/C29H30F3N3O7S.C22H25N5O4.C22H27N3O4.C7H4ClF3O3S/c1-28(2,3)42-27(37)34-16-20(33-43(38,39)19-14-12-18(13-15-19)41-29(30,31)32)26(36)23(17-34)35-21-8-4-6-10-24(21)40-25-11-7-5-9-22(25)35;1-22(2,3)31-21(29)26-12-14(24-25-23)20(28)17(13-26)27-15-8-4-6-10-18(15)30-19-11-7-5-9-16(19)27;1-22(2,3)29-21(27)24-12-14(23)20(26)17(13-24)25-15-8-4-6-10-18(15)28-19-11-7-5-9-16(19)25;8-15(12,13)6-3-1-5(2-4-6)14-7(9,10)11/h4-15,20,23,26,33,36H,16-17H2,1-3H3;4-11,14,17,20,28H,12-13H2,1-3H3;4-11,14,17,20,26H,12-13,23H2,1-3H3;1-4H/t20-,23+,26+;2*14-,17+,20+;/m111./s1. The van der Waals surface area contributed by atoms with Crippen molar-refractivity contribution in [1.82, 2.24) is 19.4 Å². The zero-order chi connectivity index (χ0) is 85.8. The van der Waals surface area contributed by atoms with Gasteiger partial charge in [0.2, 0.25) is 10.0 Å². The summed E-state index contributed by atoms with van der Waals surface area (Å²) in [6.07, 6.45) is -14.6. The smallest absolute Gasteiger partial charge is 0.453 e. The van der Waals surface area contributed by atoms with E-state index in [-0.39, 0.29) is 49.1 Å². The summed E-state index contributed by atoms with van der Waals surface area (Å²) in [5.74, 6) is 2.58. The third-order valence-electron chi connectivity index (χ3n) is 18.5. The lowest BCUT2D eigenvalue weighted by molar-refractivity contribution is -0.275. The number of aliphatic hydroxyl groups is 3. The van der Waals surface area contributed by atoms with Crippen LogP contribution in [0.5, 0.6) is 46.0 Å². The van der Waals surface area contributed by atoms with Crippen LogP contribution in [0.4, 0.5) is 74.9 Å². The van der Waals surface area contributed by atoms with E-state index in [4.69, 9.17) is 50.4 Å². The number of fused-ring (bicyclic) bond motifs is 6. The maximum Gasteiger partial charge on any atom is 0.573 e. The molecule has 0 aromatic heterocycles. The fraction of sp³-hybridized carbons (Fsp3) is 0.362. The molecule has 3 fully saturated rings. The van der Waals surface area contributed by atoms with E-state index in [0.717, 1.165) is 71.3 Å². The molecule has 3 saturated heterocycles. The van der Waals surface area contributed by atoms with Gasteiger partial charge in [0.1, 0.15) is 28.3 Å². The van der Waals surface area contributed by atoms with E-state index in [1.54, 1.807) is 99.9 Å². The van der Waals surface area contributed by atoms with E-state index >= 15 is 0 Å². The highest BCUT2D eigenvalue weighted by atomic mass is 35.7. The summed E-state index contributed by atoms with van der Waals surface area (Å²) < 4.78 is 166. The molecule has 6 N–H and O–H groups in total. The first-order valence-corrected chi connectivity index (χ1v) is 40.5. The van der Waals surface area contributed by atoms with E-state index in [0.29, 0.717) is 45.9 Å². The number of aliphatic hydroxyl groups excluding tert-OH is 3. The summed E-state index contributed by atoms with van der Waals surface area (Å²) in [4.78, 5) is 51.2. The van der Waals surface area contributed by atoms with Gasteiger partial charge in [-0.15, -0.1) is 26.3 Å². The minimum atomic E-state index is -4.94. The molecule has 8 aromatic rings. The molecular weight excluding hydrogens is 1620 g/mol. The molecule has 6 heterocycles. The fourth-order valence-corrected chi connectivity index (χ4v) is 15.7. The van der Waals surface area contributed by atoms with Crippen LogP contribution in [-0.2, 0) is 33.3 Å². The van der Waals surface area contributed by atoms with Gasteiger partial charge in [0.05, 0.1) is 98.5 Å². The summed E-state index contributed by atoms with van der Waals surface area (Å²) in [6, 6.07) is 47.2. The number of rotatable bonds is 10. The van der Waals surface area contributed by atoms with Crippen molar-refractivity contribution >= 4 is 82.2 Å². The summed E-state index contributed by atoms with van der Waals surface area (Å²) >= 11 is 0. The molecule has 6 aliphatic rings. The molecule has 0 bridgehead atoms. The Morgan fingerprint density at radius 1 is 0.449 bits per heavy atom. The quantitative estimate of drug-likeness (QED) is 0.0212. The number of sulfonamides is 1. The Hall–Kier alpha value is -11.2. The Bertz CT molecular complexity index is 5080. The number of ether oxygens (including phenoxy) is 8. The number of hydrogen-bond donors (Lipinski definition) is 5. The molecule has 0 aliphatic carbocycles. The van der Waals surface area contributed by atoms with Crippen LogP contribution in [0, 0.1) is 0 Å². The zero-order valence-corrected chi connectivity index (χ0v) is 67.3. The number of likely N-dealkylation sites (tertiary alicyclic amines) is 3. The second-order valence-corrected chi connectivity index (χ2v) is 35.0.